The van der Waals surface area contributed by atoms with Crippen molar-refractivity contribution in [1.29, 1.82) is 0 Å². The Kier molecular flexibility index (Phi) is 4.28. The number of carbonyl (C=O) groups excluding carboxylic acids is 1. The molecule has 1 aliphatic heterocycles. The van der Waals surface area contributed by atoms with Crippen LogP contribution in [0.1, 0.15) is 12.0 Å². The molecule has 0 atom stereocenters. The Labute approximate surface area is 130 Å². The molecule has 1 heterocycles. The second-order valence-corrected chi connectivity index (χ2v) is 5.47. The molecule has 0 bridgehead atoms. The van der Waals surface area contributed by atoms with Crippen molar-refractivity contribution in [2.24, 2.45) is 0 Å². The average Bonchev–Trinajstić information content (AvgIpc) is 2.89. The number of rotatable bonds is 5. The van der Waals surface area contributed by atoms with E-state index in [2.05, 4.69) is 29.4 Å². The molecule has 0 aromatic heterocycles. The summed E-state index contributed by atoms with van der Waals surface area (Å²) in [5.41, 5.74) is 3.41. The van der Waals surface area contributed by atoms with E-state index >= 15 is 0 Å². The van der Waals surface area contributed by atoms with Crippen LogP contribution in [0.4, 0.5) is 11.4 Å². The molecule has 0 radical (unpaired) electrons. The van der Waals surface area contributed by atoms with Crippen molar-refractivity contribution in [3.8, 4) is 5.75 Å². The minimum atomic E-state index is -0.0257. The van der Waals surface area contributed by atoms with E-state index < -0.39 is 0 Å². The number of hydrogen-bond donors (Lipinski definition) is 1. The molecule has 0 unspecified atom stereocenters. The van der Waals surface area contributed by atoms with Crippen molar-refractivity contribution in [3.63, 3.8) is 0 Å². The van der Waals surface area contributed by atoms with Crippen LogP contribution in [-0.4, -0.2) is 26.1 Å². The van der Waals surface area contributed by atoms with Crippen molar-refractivity contribution in [2.75, 3.05) is 30.4 Å². The summed E-state index contributed by atoms with van der Waals surface area (Å²) >= 11 is 0. The molecule has 4 heteroatoms. The SMILES string of the molecule is CN1CCc2cc(NC(=O)CCOc3ccccc3)ccc21. The summed E-state index contributed by atoms with van der Waals surface area (Å²) in [6.07, 6.45) is 1.37. The summed E-state index contributed by atoms with van der Waals surface area (Å²) < 4.78 is 5.53. The van der Waals surface area contributed by atoms with Crippen LogP contribution in [0.2, 0.25) is 0 Å². The van der Waals surface area contributed by atoms with Gasteiger partial charge in [0.2, 0.25) is 5.91 Å². The number of nitrogens with one attached hydrogen (secondary N) is 1. The molecule has 1 amide bonds. The second-order valence-electron chi connectivity index (χ2n) is 5.47. The van der Waals surface area contributed by atoms with Crippen LogP contribution in [-0.2, 0) is 11.2 Å². The van der Waals surface area contributed by atoms with Crippen LogP contribution < -0.4 is 15.0 Å². The number of amides is 1. The van der Waals surface area contributed by atoms with Crippen LogP contribution in [0.15, 0.2) is 48.5 Å². The first kappa shape index (κ1) is 14.4. The lowest BCUT2D eigenvalue weighted by molar-refractivity contribution is -0.116. The maximum atomic E-state index is 12.0. The Morgan fingerprint density at radius 2 is 2.05 bits per heavy atom. The summed E-state index contributed by atoms with van der Waals surface area (Å²) in [6, 6.07) is 15.6. The molecule has 3 rings (SSSR count). The third kappa shape index (κ3) is 3.39. The van der Waals surface area contributed by atoms with Crippen molar-refractivity contribution in [1.82, 2.24) is 0 Å². The molecule has 2 aromatic carbocycles. The van der Waals surface area contributed by atoms with Gasteiger partial charge < -0.3 is 15.0 Å². The maximum absolute atomic E-state index is 12.0. The zero-order valence-electron chi connectivity index (χ0n) is 12.7. The third-order valence-corrected chi connectivity index (χ3v) is 3.83. The monoisotopic (exact) mass is 296 g/mol. The minimum Gasteiger partial charge on any atom is -0.493 e. The summed E-state index contributed by atoms with van der Waals surface area (Å²) in [4.78, 5) is 14.2. The van der Waals surface area contributed by atoms with Crippen molar-refractivity contribution >= 4 is 17.3 Å². The highest BCUT2D eigenvalue weighted by Crippen LogP contribution is 2.29. The van der Waals surface area contributed by atoms with E-state index in [9.17, 15) is 4.79 Å². The predicted molar refractivity (Wildman–Crippen MR) is 88.6 cm³/mol. The van der Waals surface area contributed by atoms with Crippen molar-refractivity contribution < 1.29 is 9.53 Å². The largest absolute Gasteiger partial charge is 0.493 e. The Morgan fingerprint density at radius 1 is 1.23 bits per heavy atom. The van der Waals surface area contributed by atoms with Gasteiger partial charge >= 0.3 is 0 Å². The van der Waals surface area contributed by atoms with Crippen LogP contribution in [0.25, 0.3) is 0 Å². The van der Waals surface area contributed by atoms with Crippen molar-refractivity contribution in [3.05, 3.63) is 54.1 Å². The molecule has 0 spiro atoms. The Hall–Kier alpha value is -2.49. The third-order valence-electron chi connectivity index (χ3n) is 3.83. The zero-order valence-corrected chi connectivity index (χ0v) is 12.7. The van der Waals surface area contributed by atoms with E-state index in [1.54, 1.807) is 0 Å². The number of para-hydroxylation sites is 1. The van der Waals surface area contributed by atoms with Gasteiger partial charge in [0.1, 0.15) is 5.75 Å². The number of benzene rings is 2. The highest BCUT2D eigenvalue weighted by Gasteiger charge is 2.16. The van der Waals surface area contributed by atoms with Gasteiger partial charge in [-0.1, -0.05) is 18.2 Å². The van der Waals surface area contributed by atoms with Gasteiger partial charge in [-0.15, -0.1) is 0 Å². The fraction of sp³-hybridized carbons (Fsp3) is 0.278. The first-order chi connectivity index (χ1) is 10.7. The molecule has 1 N–H and O–H groups in total. The summed E-state index contributed by atoms with van der Waals surface area (Å²) in [5, 5.41) is 2.94. The number of fused-ring (bicyclic) bond motifs is 1. The van der Waals surface area contributed by atoms with E-state index in [0.29, 0.717) is 13.0 Å². The zero-order chi connectivity index (χ0) is 15.4. The molecular formula is C18H20N2O2. The number of anilines is 2. The topological polar surface area (TPSA) is 41.6 Å². The lowest BCUT2D eigenvalue weighted by Crippen LogP contribution is -2.15. The van der Waals surface area contributed by atoms with E-state index in [1.807, 2.05) is 36.4 Å². The molecule has 114 valence electrons. The molecule has 22 heavy (non-hydrogen) atoms. The van der Waals surface area contributed by atoms with Gasteiger partial charge in [0.25, 0.3) is 0 Å². The summed E-state index contributed by atoms with van der Waals surface area (Å²) in [6.45, 7) is 1.42. The number of likely N-dealkylation sites (N-methyl/N-ethyl adjacent to an activating group) is 1. The van der Waals surface area contributed by atoms with Gasteiger partial charge in [-0.2, -0.15) is 0 Å². The fourth-order valence-corrected chi connectivity index (χ4v) is 2.65. The lowest BCUT2D eigenvalue weighted by atomic mass is 10.1. The number of ether oxygens (including phenoxy) is 1. The van der Waals surface area contributed by atoms with Crippen LogP contribution >= 0.6 is 0 Å². The highest BCUT2D eigenvalue weighted by atomic mass is 16.5. The lowest BCUT2D eigenvalue weighted by Gasteiger charge is -2.12. The number of nitrogens with zero attached hydrogens (tertiary/aromatic N) is 1. The molecule has 1 aliphatic rings. The molecule has 0 saturated carbocycles. The second kappa shape index (κ2) is 6.52. The van der Waals surface area contributed by atoms with E-state index in [-0.39, 0.29) is 5.91 Å². The maximum Gasteiger partial charge on any atom is 0.227 e. The first-order valence-electron chi connectivity index (χ1n) is 7.54. The minimum absolute atomic E-state index is 0.0257. The average molecular weight is 296 g/mol. The normalized spacial score (nSPS) is 12.9. The first-order valence-corrected chi connectivity index (χ1v) is 7.54. The van der Waals surface area contributed by atoms with E-state index in [1.165, 1.54) is 11.3 Å². The fourth-order valence-electron chi connectivity index (χ4n) is 2.65. The Balaban J connectivity index is 1.50. The van der Waals surface area contributed by atoms with Crippen LogP contribution in [0.5, 0.6) is 5.75 Å². The van der Waals surface area contributed by atoms with Gasteiger partial charge in [-0.25, -0.2) is 0 Å². The smallest absolute Gasteiger partial charge is 0.227 e. The van der Waals surface area contributed by atoms with Gasteiger partial charge in [0.15, 0.2) is 0 Å². The Bertz CT molecular complexity index is 655. The molecule has 2 aromatic rings. The molecule has 0 fully saturated rings. The quantitative estimate of drug-likeness (QED) is 0.922. The van der Waals surface area contributed by atoms with E-state index in [4.69, 9.17) is 4.74 Å². The standard InChI is InChI=1S/C18H20N2O2/c1-20-11-9-14-13-15(7-8-17(14)20)19-18(21)10-12-22-16-5-3-2-4-6-16/h2-8,13H,9-12H2,1H3,(H,19,21). The van der Waals surface area contributed by atoms with Crippen molar-refractivity contribution in [2.45, 2.75) is 12.8 Å². The highest BCUT2D eigenvalue weighted by molar-refractivity contribution is 5.91. The number of hydrogen-bond acceptors (Lipinski definition) is 3. The molecule has 0 saturated heterocycles. The van der Waals surface area contributed by atoms with Gasteiger partial charge in [0.05, 0.1) is 13.0 Å². The van der Waals surface area contributed by atoms with Crippen LogP contribution in [0, 0.1) is 0 Å². The summed E-state index contributed by atoms with van der Waals surface area (Å²) in [7, 11) is 2.09. The van der Waals surface area contributed by atoms with E-state index in [0.717, 1.165) is 24.4 Å². The van der Waals surface area contributed by atoms with Gasteiger partial charge in [0, 0.05) is 25.0 Å². The predicted octanol–water partition coefficient (Wildman–Crippen LogP) is 3.09. The van der Waals surface area contributed by atoms with Gasteiger partial charge in [-0.3, -0.25) is 4.79 Å². The van der Waals surface area contributed by atoms with Gasteiger partial charge in [-0.05, 0) is 42.3 Å². The van der Waals surface area contributed by atoms with Crippen LogP contribution in [0.3, 0.4) is 0 Å². The number of carbonyl (C=O) groups is 1. The Morgan fingerprint density at radius 3 is 2.86 bits per heavy atom. The summed E-state index contributed by atoms with van der Waals surface area (Å²) in [5.74, 6) is 0.762. The molecular weight excluding hydrogens is 276 g/mol. The molecule has 4 nitrogen and oxygen atoms in total. The molecule has 0 aliphatic carbocycles.